The molecule has 3 rings (SSSR count). The van der Waals surface area contributed by atoms with Gasteiger partial charge in [0.05, 0.1) is 25.7 Å². The van der Waals surface area contributed by atoms with Gasteiger partial charge in [-0.15, -0.1) is 0 Å². The average Bonchev–Trinajstić information content (AvgIpc) is 2.60. The van der Waals surface area contributed by atoms with Crippen LogP contribution in [0.2, 0.25) is 0 Å². The summed E-state index contributed by atoms with van der Waals surface area (Å²) in [6.45, 7) is 2.42. The standard InChI is InChI=1S/C19H23NO3/c1-22-11-9-19(21)20-10-12-23-17(14-20)13-16-7-4-6-15-5-2-3-8-18(15)16/h2-8,17H,9-14H2,1H3/t17-/m1/s1. The first-order valence-corrected chi connectivity index (χ1v) is 8.13. The molecule has 4 nitrogen and oxygen atoms in total. The SMILES string of the molecule is COCCC(=O)N1CCO[C@H](Cc2cccc3ccccc23)C1. The molecule has 0 radical (unpaired) electrons. The van der Waals surface area contributed by atoms with Crippen molar-refractivity contribution in [2.24, 2.45) is 0 Å². The molecule has 1 aliphatic rings. The van der Waals surface area contributed by atoms with Crippen molar-refractivity contribution in [1.29, 1.82) is 0 Å². The fourth-order valence-electron chi connectivity index (χ4n) is 3.13. The van der Waals surface area contributed by atoms with Crippen LogP contribution in [0.4, 0.5) is 0 Å². The zero-order chi connectivity index (χ0) is 16.1. The fourth-order valence-corrected chi connectivity index (χ4v) is 3.13. The van der Waals surface area contributed by atoms with E-state index in [1.54, 1.807) is 7.11 Å². The first kappa shape index (κ1) is 16.0. The highest BCUT2D eigenvalue weighted by Crippen LogP contribution is 2.21. The summed E-state index contributed by atoms with van der Waals surface area (Å²) < 4.78 is 10.9. The van der Waals surface area contributed by atoms with Gasteiger partial charge in [0.2, 0.25) is 5.91 Å². The number of hydrogen-bond donors (Lipinski definition) is 0. The third-order valence-electron chi connectivity index (χ3n) is 4.34. The maximum absolute atomic E-state index is 12.2. The smallest absolute Gasteiger partial charge is 0.225 e. The Morgan fingerprint density at radius 2 is 2.09 bits per heavy atom. The van der Waals surface area contributed by atoms with Crippen LogP contribution in [0, 0.1) is 0 Å². The normalized spacial score (nSPS) is 18.3. The van der Waals surface area contributed by atoms with Crippen LogP contribution in [0.3, 0.4) is 0 Å². The lowest BCUT2D eigenvalue weighted by Crippen LogP contribution is -2.46. The number of hydrogen-bond acceptors (Lipinski definition) is 3. The maximum Gasteiger partial charge on any atom is 0.225 e. The quantitative estimate of drug-likeness (QED) is 0.852. The van der Waals surface area contributed by atoms with Crippen LogP contribution >= 0.6 is 0 Å². The molecule has 1 amide bonds. The van der Waals surface area contributed by atoms with E-state index in [0.29, 0.717) is 32.7 Å². The molecule has 0 aliphatic carbocycles. The summed E-state index contributed by atoms with van der Waals surface area (Å²) in [7, 11) is 1.62. The van der Waals surface area contributed by atoms with E-state index < -0.39 is 0 Å². The average molecular weight is 313 g/mol. The maximum atomic E-state index is 12.2. The van der Waals surface area contributed by atoms with Crippen molar-refractivity contribution >= 4 is 16.7 Å². The van der Waals surface area contributed by atoms with Crippen LogP contribution in [0.1, 0.15) is 12.0 Å². The third-order valence-corrected chi connectivity index (χ3v) is 4.34. The Balaban J connectivity index is 1.68. The highest BCUT2D eigenvalue weighted by atomic mass is 16.5. The molecule has 4 heteroatoms. The lowest BCUT2D eigenvalue weighted by Gasteiger charge is -2.33. The van der Waals surface area contributed by atoms with Gasteiger partial charge in [-0.2, -0.15) is 0 Å². The van der Waals surface area contributed by atoms with E-state index in [4.69, 9.17) is 9.47 Å². The van der Waals surface area contributed by atoms with Gasteiger partial charge in [-0.1, -0.05) is 42.5 Å². The van der Waals surface area contributed by atoms with Gasteiger partial charge < -0.3 is 14.4 Å². The van der Waals surface area contributed by atoms with Gasteiger partial charge in [-0.3, -0.25) is 4.79 Å². The number of morpholine rings is 1. The fraction of sp³-hybridized carbons (Fsp3) is 0.421. The van der Waals surface area contributed by atoms with Crippen LogP contribution in [-0.4, -0.2) is 50.3 Å². The van der Waals surface area contributed by atoms with E-state index in [0.717, 1.165) is 6.42 Å². The van der Waals surface area contributed by atoms with E-state index in [-0.39, 0.29) is 12.0 Å². The zero-order valence-corrected chi connectivity index (χ0v) is 13.5. The third kappa shape index (κ3) is 3.89. The van der Waals surface area contributed by atoms with E-state index in [1.165, 1.54) is 16.3 Å². The minimum absolute atomic E-state index is 0.0565. The van der Waals surface area contributed by atoms with Crippen LogP contribution in [-0.2, 0) is 20.7 Å². The number of amides is 1. The lowest BCUT2D eigenvalue weighted by atomic mass is 9.99. The Kier molecular flexibility index (Phi) is 5.26. The minimum Gasteiger partial charge on any atom is -0.384 e. The number of nitrogens with zero attached hydrogens (tertiary/aromatic N) is 1. The summed E-state index contributed by atoms with van der Waals surface area (Å²) in [4.78, 5) is 14.1. The first-order chi connectivity index (χ1) is 11.3. The number of carbonyl (C=O) groups excluding carboxylic acids is 1. The molecule has 1 fully saturated rings. The second kappa shape index (κ2) is 7.57. The molecule has 1 aliphatic heterocycles. The number of methoxy groups -OCH3 is 1. The Morgan fingerprint density at radius 1 is 1.26 bits per heavy atom. The van der Waals surface area contributed by atoms with Gasteiger partial charge in [0.25, 0.3) is 0 Å². The molecule has 0 N–H and O–H groups in total. The van der Waals surface area contributed by atoms with Gasteiger partial charge in [-0.05, 0) is 16.3 Å². The monoisotopic (exact) mass is 313 g/mol. The molecule has 0 aromatic heterocycles. The molecule has 2 aromatic rings. The molecule has 2 aromatic carbocycles. The zero-order valence-electron chi connectivity index (χ0n) is 13.5. The van der Waals surface area contributed by atoms with Gasteiger partial charge in [0.15, 0.2) is 0 Å². The molecule has 0 unspecified atom stereocenters. The molecule has 1 heterocycles. The molecule has 0 saturated carbocycles. The van der Waals surface area contributed by atoms with Crippen molar-refractivity contribution in [2.75, 3.05) is 33.4 Å². The second-order valence-corrected chi connectivity index (χ2v) is 5.92. The minimum atomic E-state index is 0.0565. The van der Waals surface area contributed by atoms with Crippen LogP contribution in [0.5, 0.6) is 0 Å². The Hall–Kier alpha value is -1.91. The van der Waals surface area contributed by atoms with Crippen LogP contribution < -0.4 is 0 Å². The predicted molar refractivity (Wildman–Crippen MR) is 90.5 cm³/mol. The molecule has 23 heavy (non-hydrogen) atoms. The first-order valence-electron chi connectivity index (χ1n) is 8.13. The molecular weight excluding hydrogens is 290 g/mol. The van der Waals surface area contributed by atoms with E-state index >= 15 is 0 Å². The largest absolute Gasteiger partial charge is 0.384 e. The molecule has 1 atom stereocenters. The summed E-state index contributed by atoms with van der Waals surface area (Å²) in [6.07, 6.45) is 1.33. The summed E-state index contributed by atoms with van der Waals surface area (Å²) in [5, 5.41) is 2.51. The van der Waals surface area contributed by atoms with E-state index in [1.807, 2.05) is 4.90 Å². The van der Waals surface area contributed by atoms with E-state index in [2.05, 4.69) is 42.5 Å². The molecular formula is C19H23NO3. The number of carbonyl (C=O) groups is 1. The lowest BCUT2D eigenvalue weighted by molar-refractivity contribution is -0.139. The Bertz CT molecular complexity index is 665. The molecule has 0 bridgehead atoms. The number of fused-ring (bicyclic) bond motifs is 1. The van der Waals surface area contributed by atoms with Gasteiger partial charge in [0, 0.05) is 26.6 Å². The van der Waals surface area contributed by atoms with Crippen molar-refractivity contribution < 1.29 is 14.3 Å². The van der Waals surface area contributed by atoms with Gasteiger partial charge in [0.1, 0.15) is 0 Å². The van der Waals surface area contributed by atoms with Crippen molar-refractivity contribution in [2.45, 2.75) is 18.9 Å². The summed E-state index contributed by atoms with van der Waals surface area (Å²) in [6, 6.07) is 14.8. The highest BCUT2D eigenvalue weighted by Gasteiger charge is 2.24. The van der Waals surface area contributed by atoms with Crippen molar-refractivity contribution in [3.05, 3.63) is 48.0 Å². The second-order valence-electron chi connectivity index (χ2n) is 5.92. The topological polar surface area (TPSA) is 38.8 Å². The van der Waals surface area contributed by atoms with Gasteiger partial charge >= 0.3 is 0 Å². The van der Waals surface area contributed by atoms with Crippen LogP contribution in [0.15, 0.2) is 42.5 Å². The summed E-state index contributed by atoms with van der Waals surface area (Å²) in [5.41, 5.74) is 1.28. The Labute approximate surface area is 137 Å². The molecule has 0 spiro atoms. The number of ether oxygens (including phenoxy) is 2. The van der Waals surface area contributed by atoms with Crippen molar-refractivity contribution in [3.8, 4) is 0 Å². The van der Waals surface area contributed by atoms with Gasteiger partial charge in [-0.25, -0.2) is 0 Å². The summed E-state index contributed by atoms with van der Waals surface area (Å²) in [5.74, 6) is 0.151. The predicted octanol–water partition coefficient (Wildman–Crippen LogP) is 2.65. The van der Waals surface area contributed by atoms with E-state index in [9.17, 15) is 4.79 Å². The summed E-state index contributed by atoms with van der Waals surface area (Å²) >= 11 is 0. The molecule has 1 saturated heterocycles. The van der Waals surface area contributed by atoms with Crippen molar-refractivity contribution in [1.82, 2.24) is 4.90 Å². The number of benzene rings is 2. The number of rotatable bonds is 5. The van der Waals surface area contributed by atoms with Crippen LogP contribution in [0.25, 0.3) is 10.8 Å². The Morgan fingerprint density at radius 3 is 2.96 bits per heavy atom. The highest BCUT2D eigenvalue weighted by molar-refractivity contribution is 5.85. The molecule has 122 valence electrons. The van der Waals surface area contributed by atoms with Crippen molar-refractivity contribution in [3.63, 3.8) is 0 Å².